The Kier molecular flexibility index (Phi) is 4.31. The van der Waals surface area contributed by atoms with Gasteiger partial charge in [0.2, 0.25) is 0 Å². The normalized spacial score (nSPS) is 23.6. The van der Waals surface area contributed by atoms with Crippen LogP contribution in [-0.4, -0.2) is 36.0 Å². The van der Waals surface area contributed by atoms with Crippen molar-refractivity contribution in [2.75, 3.05) is 25.1 Å². The Bertz CT molecular complexity index is 402. The van der Waals surface area contributed by atoms with Crippen molar-refractivity contribution in [1.82, 2.24) is 4.90 Å². The third kappa shape index (κ3) is 2.94. The van der Waals surface area contributed by atoms with Crippen LogP contribution in [-0.2, 0) is 0 Å². The quantitative estimate of drug-likeness (QED) is 0.899. The Hall–Kier alpha value is -0.290. The fourth-order valence-electron chi connectivity index (χ4n) is 2.06. The first-order valence-electron chi connectivity index (χ1n) is 5.58. The summed E-state index contributed by atoms with van der Waals surface area (Å²) in [6, 6.07) is 4.35. The molecule has 17 heavy (non-hydrogen) atoms. The van der Waals surface area contributed by atoms with Crippen molar-refractivity contribution in [2.45, 2.75) is 12.1 Å². The second kappa shape index (κ2) is 5.57. The molecular formula is C12H16ClFN2S. The van der Waals surface area contributed by atoms with E-state index < -0.39 is 0 Å². The van der Waals surface area contributed by atoms with Crippen LogP contribution in [0.15, 0.2) is 18.2 Å². The Balaban J connectivity index is 2.23. The number of likely N-dealkylation sites (N-methyl/N-ethyl adjacent to an activating group) is 1. The molecule has 1 aromatic rings. The van der Waals surface area contributed by atoms with Crippen LogP contribution in [0, 0.1) is 5.82 Å². The molecule has 0 radical (unpaired) electrons. The molecule has 0 spiro atoms. The largest absolute Gasteiger partial charge is 0.323 e. The van der Waals surface area contributed by atoms with E-state index in [9.17, 15) is 4.39 Å². The van der Waals surface area contributed by atoms with Crippen molar-refractivity contribution in [3.05, 3.63) is 34.6 Å². The topological polar surface area (TPSA) is 29.3 Å². The van der Waals surface area contributed by atoms with E-state index in [2.05, 4.69) is 11.9 Å². The van der Waals surface area contributed by atoms with Gasteiger partial charge in [-0.1, -0.05) is 11.6 Å². The van der Waals surface area contributed by atoms with Gasteiger partial charge in [0.1, 0.15) is 5.82 Å². The van der Waals surface area contributed by atoms with E-state index in [1.54, 1.807) is 6.07 Å². The number of nitrogens with zero attached hydrogens (tertiary/aromatic N) is 1. The fraction of sp³-hybridized carbons (Fsp3) is 0.500. The molecule has 1 fully saturated rings. The van der Waals surface area contributed by atoms with E-state index in [1.807, 2.05) is 11.8 Å². The van der Waals surface area contributed by atoms with Gasteiger partial charge < -0.3 is 5.73 Å². The molecule has 5 heteroatoms. The predicted octanol–water partition coefficient (Wildman–Crippen LogP) is 2.53. The summed E-state index contributed by atoms with van der Waals surface area (Å²) in [5.41, 5.74) is 6.92. The smallest absolute Gasteiger partial charge is 0.123 e. The lowest BCUT2D eigenvalue weighted by molar-refractivity contribution is 0.237. The molecule has 1 aliphatic heterocycles. The molecular weight excluding hydrogens is 259 g/mol. The second-order valence-electron chi connectivity index (χ2n) is 4.31. The Morgan fingerprint density at radius 1 is 1.59 bits per heavy atom. The lowest BCUT2D eigenvalue weighted by atomic mass is 10.00. The Morgan fingerprint density at radius 3 is 3.06 bits per heavy atom. The first-order chi connectivity index (χ1) is 8.09. The lowest BCUT2D eigenvalue weighted by Gasteiger charge is -2.36. The number of rotatable bonds is 2. The van der Waals surface area contributed by atoms with E-state index in [1.165, 1.54) is 12.1 Å². The third-order valence-electron chi connectivity index (χ3n) is 3.17. The van der Waals surface area contributed by atoms with Crippen molar-refractivity contribution in [3.8, 4) is 0 Å². The summed E-state index contributed by atoms with van der Waals surface area (Å²) in [4.78, 5) is 2.22. The van der Waals surface area contributed by atoms with Crippen LogP contribution in [0.25, 0.3) is 0 Å². The van der Waals surface area contributed by atoms with Crippen LogP contribution in [0.1, 0.15) is 11.6 Å². The van der Waals surface area contributed by atoms with Crippen molar-refractivity contribution < 1.29 is 4.39 Å². The van der Waals surface area contributed by atoms with Gasteiger partial charge in [-0.3, -0.25) is 4.90 Å². The van der Waals surface area contributed by atoms with Gasteiger partial charge in [-0.15, -0.1) is 0 Å². The molecule has 1 aliphatic rings. The minimum atomic E-state index is -0.286. The second-order valence-corrected chi connectivity index (χ2v) is 5.87. The molecule has 1 aromatic carbocycles. The number of hydrogen-bond acceptors (Lipinski definition) is 3. The van der Waals surface area contributed by atoms with Crippen LogP contribution in [0.4, 0.5) is 4.39 Å². The van der Waals surface area contributed by atoms with Crippen LogP contribution in [0.2, 0.25) is 5.02 Å². The van der Waals surface area contributed by atoms with E-state index in [0.29, 0.717) is 10.6 Å². The number of thioether (sulfide) groups is 1. The van der Waals surface area contributed by atoms with E-state index in [-0.39, 0.29) is 17.9 Å². The molecule has 0 bridgehead atoms. The summed E-state index contributed by atoms with van der Waals surface area (Å²) in [7, 11) is 2.05. The van der Waals surface area contributed by atoms with Crippen molar-refractivity contribution >= 4 is 23.4 Å². The molecule has 2 unspecified atom stereocenters. The Morgan fingerprint density at radius 2 is 2.35 bits per heavy atom. The average molecular weight is 275 g/mol. The van der Waals surface area contributed by atoms with Gasteiger partial charge in [0.25, 0.3) is 0 Å². The minimum absolute atomic E-state index is 0.216. The monoisotopic (exact) mass is 274 g/mol. The molecule has 94 valence electrons. The highest BCUT2D eigenvalue weighted by molar-refractivity contribution is 7.99. The summed E-state index contributed by atoms with van der Waals surface area (Å²) in [6.45, 7) is 1.01. The molecule has 1 saturated heterocycles. The maximum Gasteiger partial charge on any atom is 0.123 e. The predicted molar refractivity (Wildman–Crippen MR) is 72.1 cm³/mol. The van der Waals surface area contributed by atoms with Gasteiger partial charge in [-0.2, -0.15) is 11.8 Å². The highest BCUT2D eigenvalue weighted by Crippen LogP contribution is 2.29. The minimum Gasteiger partial charge on any atom is -0.323 e. The number of benzene rings is 1. The zero-order chi connectivity index (χ0) is 12.4. The number of halogens is 2. The standard InChI is InChI=1S/C12H16ClFN2S/c1-16-4-5-17-7-11(16)12(15)9-6-8(14)2-3-10(9)13/h2-3,6,11-12H,4-5,7,15H2,1H3. The van der Waals surface area contributed by atoms with Crippen molar-refractivity contribution in [2.24, 2.45) is 5.73 Å². The van der Waals surface area contributed by atoms with Gasteiger partial charge in [0.15, 0.2) is 0 Å². The van der Waals surface area contributed by atoms with Gasteiger partial charge in [0, 0.05) is 35.2 Å². The molecule has 0 aliphatic carbocycles. The molecule has 1 heterocycles. The number of hydrogen-bond donors (Lipinski definition) is 1. The van der Waals surface area contributed by atoms with Crippen LogP contribution in [0.3, 0.4) is 0 Å². The first-order valence-corrected chi connectivity index (χ1v) is 7.11. The lowest BCUT2D eigenvalue weighted by Crippen LogP contribution is -2.46. The zero-order valence-corrected chi connectivity index (χ0v) is 11.3. The maximum atomic E-state index is 13.2. The maximum absolute atomic E-state index is 13.2. The zero-order valence-electron chi connectivity index (χ0n) is 9.70. The molecule has 2 N–H and O–H groups in total. The van der Waals surface area contributed by atoms with E-state index >= 15 is 0 Å². The summed E-state index contributed by atoms with van der Waals surface area (Å²) in [5, 5.41) is 0.544. The molecule has 2 nitrogen and oxygen atoms in total. The molecule has 0 aromatic heterocycles. The van der Waals surface area contributed by atoms with Gasteiger partial charge in [-0.05, 0) is 30.8 Å². The highest BCUT2D eigenvalue weighted by atomic mass is 35.5. The molecule has 0 saturated carbocycles. The Labute approximate surface area is 110 Å². The fourth-order valence-corrected chi connectivity index (χ4v) is 3.59. The SMILES string of the molecule is CN1CCSCC1C(N)c1cc(F)ccc1Cl. The van der Waals surface area contributed by atoms with Gasteiger partial charge >= 0.3 is 0 Å². The summed E-state index contributed by atoms with van der Waals surface area (Å²) in [5.74, 6) is 1.80. The first kappa shape index (κ1) is 13.1. The number of nitrogens with two attached hydrogens (primary N) is 1. The molecule has 0 amide bonds. The van der Waals surface area contributed by atoms with Crippen LogP contribution >= 0.6 is 23.4 Å². The van der Waals surface area contributed by atoms with Gasteiger partial charge in [-0.25, -0.2) is 4.39 Å². The van der Waals surface area contributed by atoms with E-state index in [0.717, 1.165) is 18.1 Å². The summed E-state index contributed by atoms with van der Waals surface area (Å²) >= 11 is 7.97. The van der Waals surface area contributed by atoms with Gasteiger partial charge in [0.05, 0.1) is 0 Å². The van der Waals surface area contributed by atoms with Crippen LogP contribution < -0.4 is 5.73 Å². The molecule has 2 rings (SSSR count). The van der Waals surface area contributed by atoms with Crippen molar-refractivity contribution in [3.63, 3.8) is 0 Å². The average Bonchev–Trinajstić information content (AvgIpc) is 2.32. The third-order valence-corrected chi connectivity index (χ3v) is 4.57. The summed E-state index contributed by atoms with van der Waals surface area (Å²) in [6.07, 6.45) is 0. The summed E-state index contributed by atoms with van der Waals surface area (Å²) < 4.78 is 13.2. The van der Waals surface area contributed by atoms with Crippen LogP contribution in [0.5, 0.6) is 0 Å². The van der Waals surface area contributed by atoms with E-state index in [4.69, 9.17) is 17.3 Å². The highest BCUT2D eigenvalue weighted by Gasteiger charge is 2.27. The van der Waals surface area contributed by atoms with Crippen molar-refractivity contribution in [1.29, 1.82) is 0 Å². The molecule has 2 atom stereocenters.